The minimum atomic E-state index is -1.30. The number of carbonyl (C=O) groups is 3. The molecule has 1 aliphatic rings. The lowest BCUT2D eigenvalue weighted by Gasteiger charge is -2.28. The third kappa shape index (κ3) is 4.33. The van der Waals surface area contributed by atoms with Crippen molar-refractivity contribution in [3.05, 3.63) is 58.2 Å². The molecule has 2 rings (SSSR count). The van der Waals surface area contributed by atoms with Crippen molar-refractivity contribution in [3.8, 4) is 0 Å². The van der Waals surface area contributed by atoms with Crippen LogP contribution in [0.15, 0.2) is 46.8 Å². The lowest BCUT2D eigenvalue weighted by Crippen LogP contribution is -2.37. The molecule has 144 valence electrons. The molecule has 0 amide bonds. The van der Waals surface area contributed by atoms with E-state index in [1.165, 1.54) is 38.5 Å². The fourth-order valence-electron chi connectivity index (χ4n) is 2.81. The summed E-state index contributed by atoms with van der Waals surface area (Å²) in [6.07, 6.45) is 0. The summed E-state index contributed by atoms with van der Waals surface area (Å²) in [6, 6.07) is 5.41. The van der Waals surface area contributed by atoms with E-state index in [0.29, 0.717) is 17.0 Å². The number of ether oxygens (including phenoxy) is 3. The average molecular weight is 377 g/mol. The number of esters is 3. The van der Waals surface area contributed by atoms with Crippen LogP contribution in [0, 0.1) is 11.7 Å². The molecule has 1 heterocycles. The van der Waals surface area contributed by atoms with E-state index in [-0.39, 0.29) is 17.8 Å². The Morgan fingerprint density at radius 1 is 0.963 bits per heavy atom. The van der Waals surface area contributed by atoms with Crippen LogP contribution in [0.4, 0.5) is 4.39 Å². The maximum atomic E-state index is 13.0. The second-order valence-electron chi connectivity index (χ2n) is 5.85. The van der Waals surface area contributed by atoms with Crippen LogP contribution in [-0.4, -0.2) is 32.1 Å². The summed E-state index contributed by atoms with van der Waals surface area (Å²) in [7, 11) is 2.35. The van der Waals surface area contributed by atoms with Crippen LogP contribution in [0.25, 0.3) is 0 Å². The predicted octanol–water partition coefficient (Wildman–Crippen LogP) is 1.98. The number of dihydropyridines is 1. The van der Waals surface area contributed by atoms with Crippen molar-refractivity contribution in [2.75, 3.05) is 14.2 Å². The molecule has 0 saturated carbocycles. The Hall–Kier alpha value is -3.16. The Morgan fingerprint density at radius 3 is 1.89 bits per heavy atom. The van der Waals surface area contributed by atoms with Crippen LogP contribution in [0.1, 0.15) is 19.4 Å². The normalized spacial score (nSPS) is 14.6. The monoisotopic (exact) mass is 377 g/mol. The zero-order valence-corrected chi connectivity index (χ0v) is 15.4. The standard InChI is InChI=1S/C19H20FNO6/c1-10-14(17(22)25-3)16(15(11(2)21-10)18(23)26-4)19(24)27-9-12-5-7-13(20)8-6-12/h5-8,16,21H,9H2,1-4H3. The Morgan fingerprint density at radius 2 is 1.44 bits per heavy atom. The Balaban J connectivity index is 2.36. The maximum Gasteiger partial charge on any atom is 0.336 e. The van der Waals surface area contributed by atoms with E-state index in [9.17, 15) is 18.8 Å². The van der Waals surface area contributed by atoms with Crippen molar-refractivity contribution in [1.82, 2.24) is 5.32 Å². The highest BCUT2D eigenvalue weighted by molar-refractivity contribution is 6.05. The molecular weight excluding hydrogens is 357 g/mol. The van der Waals surface area contributed by atoms with Crippen LogP contribution < -0.4 is 5.32 Å². The topological polar surface area (TPSA) is 90.9 Å². The second kappa shape index (κ2) is 8.48. The molecule has 0 bridgehead atoms. The quantitative estimate of drug-likeness (QED) is 0.620. The number of halogens is 1. The summed E-state index contributed by atoms with van der Waals surface area (Å²) in [6.45, 7) is 3.03. The SMILES string of the molecule is COC(=O)C1=C(C)NC(C)=C(C(=O)OC)C1C(=O)OCc1ccc(F)cc1. The van der Waals surface area contributed by atoms with Crippen molar-refractivity contribution in [2.24, 2.45) is 5.92 Å². The van der Waals surface area contributed by atoms with E-state index in [0.717, 1.165) is 0 Å². The number of nitrogens with one attached hydrogen (secondary N) is 1. The number of benzene rings is 1. The molecule has 27 heavy (non-hydrogen) atoms. The smallest absolute Gasteiger partial charge is 0.336 e. The van der Waals surface area contributed by atoms with Crippen molar-refractivity contribution in [2.45, 2.75) is 20.5 Å². The van der Waals surface area contributed by atoms with Gasteiger partial charge in [-0.25, -0.2) is 14.0 Å². The van der Waals surface area contributed by atoms with Gasteiger partial charge in [-0.2, -0.15) is 0 Å². The van der Waals surface area contributed by atoms with E-state index in [1.54, 1.807) is 13.8 Å². The fourth-order valence-corrected chi connectivity index (χ4v) is 2.81. The highest BCUT2D eigenvalue weighted by Crippen LogP contribution is 2.32. The van der Waals surface area contributed by atoms with Crippen molar-refractivity contribution in [3.63, 3.8) is 0 Å². The van der Waals surface area contributed by atoms with Crippen LogP contribution in [-0.2, 0) is 35.2 Å². The molecular formula is C19H20FNO6. The summed E-state index contributed by atoms with van der Waals surface area (Å²) in [5.41, 5.74) is 1.23. The molecule has 0 saturated heterocycles. The van der Waals surface area contributed by atoms with Crippen LogP contribution >= 0.6 is 0 Å². The summed E-state index contributed by atoms with van der Waals surface area (Å²) in [4.78, 5) is 37.2. The molecule has 0 radical (unpaired) electrons. The van der Waals surface area contributed by atoms with Gasteiger partial charge < -0.3 is 19.5 Å². The number of hydrogen-bond acceptors (Lipinski definition) is 7. The molecule has 1 aliphatic heterocycles. The van der Waals surface area contributed by atoms with E-state index in [4.69, 9.17) is 14.2 Å². The maximum absolute atomic E-state index is 13.0. The number of carbonyl (C=O) groups excluding carboxylic acids is 3. The summed E-state index contributed by atoms with van der Waals surface area (Å²) in [5.74, 6) is -4.07. The van der Waals surface area contributed by atoms with E-state index < -0.39 is 29.6 Å². The molecule has 1 aromatic rings. The van der Waals surface area contributed by atoms with Gasteiger partial charge in [0.1, 0.15) is 18.3 Å². The molecule has 0 aliphatic carbocycles. The highest BCUT2D eigenvalue weighted by atomic mass is 19.1. The van der Waals surface area contributed by atoms with Gasteiger partial charge in [0.15, 0.2) is 0 Å². The van der Waals surface area contributed by atoms with Crippen molar-refractivity contribution in [1.29, 1.82) is 0 Å². The molecule has 0 aromatic heterocycles. The molecule has 8 heteroatoms. The second-order valence-corrected chi connectivity index (χ2v) is 5.85. The van der Waals surface area contributed by atoms with E-state index in [2.05, 4.69) is 5.32 Å². The molecule has 0 unspecified atom stereocenters. The summed E-state index contributed by atoms with van der Waals surface area (Å²) in [5, 5.41) is 2.88. The lowest BCUT2D eigenvalue weighted by atomic mass is 9.85. The lowest BCUT2D eigenvalue weighted by molar-refractivity contribution is -0.152. The molecule has 7 nitrogen and oxygen atoms in total. The first-order chi connectivity index (χ1) is 12.8. The zero-order chi connectivity index (χ0) is 20.1. The van der Waals surface area contributed by atoms with Crippen molar-refractivity contribution < 1.29 is 33.0 Å². The molecule has 0 atom stereocenters. The Bertz CT molecular complexity index is 787. The Labute approximate surface area is 155 Å². The highest BCUT2D eigenvalue weighted by Gasteiger charge is 2.42. The number of methoxy groups -OCH3 is 2. The fraction of sp³-hybridized carbons (Fsp3) is 0.316. The summed E-state index contributed by atoms with van der Waals surface area (Å²) >= 11 is 0. The van der Waals surface area contributed by atoms with Crippen molar-refractivity contribution >= 4 is 17.9 Å². The van der Waals surface area contributed by atoms with Gasteiger partial charge in [-0.3, -0.25) is 4.79 Å². The Kier molecular flexibility index (Phi) is 6.33. The molecule has 0 spiro atoms. The zero-order valence-electron chi connectivity index (χ0n) is 15.4. The van der Waals surface area contributed by atoms with Crippen LogP contribution in [0.2, 0.25) is 0 Å². The van der Waals surface area contributed by atoms with Gasteiger partial charge >= 0.3 is 17.9 Å². The number of allylic oxidation sites excluding steroid dienone is 2. The van der Waals surface area contributed by atoms with E-state index in [1.807, 2.05) is 0 Å². The van der Waals surface area contributed by atoms with E-state index >= 15 is 0 Å². The first-order valence-electron chi connectivity index (χ1n) is 8.06. The van der Waals surface area contributed by atoms with Crippen LogP contribution in [0.3, 0.4) is 0 Å². The molecule has 1 N–H and O–H groups in total. The van der Waals surface area contributed by atoms with Crippen LogP contribution in [0.5, 0.6) is 0 Å². The largest absolute Gasteiger partial charge is 0.466 e. The molecule has 0 fully saturated rings. The summed E-state index contributed by atoms with van der Waals surface area (Å²) < 4.78 is 27.8. The van der Waals surface area contributed by atoms with Gasteiger partial charge in [0, 0.05) is 11.4 Å². The van der Waals surface area contributed by atoms with Gasteiger partial charge in [0.25, 0.3) is 0 Å². The number of hydrogen-bond donors (Lipinski definition) is 1. The van der Waals surface area contributed by atoms with Gasteiger partial charge in [-0.15, -0.1) is 0 Å². The molecule has 1 aromatic carbocycles. The van der Waals surface area contributed by atoms with Gasteiger partial charge in [0.05, 0.1) is 25.4 Å². The number of rotatable bonds is 5. The minimum Gasteiger partial charge on any atom is -0.466 e. The first kappa shape index (κ1) is 20.2. The predicted molar refractivity (Wildman–Crippen MR) is 92.3 cm³/mol. The van der Waals surface area contributed by atoms with Gasteiger partial charge in [0.2, 0.25) is 0 Å². The third-order valence-corrected chi connectivity index (χ3v) is 4.10. The minimum absolute atomic E-state index is 0.0346. The average Bonchev–Trinajstić information content (AvgIpc) is 2.65. The van der Waals surface area contributed by atoms with Gasteiger partial charge in [-0.1, -0.05) is 12.1 Å². The first-order valence-corrected chi connectivity index (χ1v) is 8.06. The third-order valence-electron chi connectivity index (χ3n) is 4.10. The van der Waals surface area contributed by atoms with Gasteiger partial charge in [-0.05, 0) is 31.5 Å².